The number of nitrogens with two attached hydrogens (primary N) is 1. The summed E-state index contributed by atoms with van der Waals surface area (Å²) in [5.41, 5.74) is 7.10. The molecule has 148 valence electrons. The molecule has 0 bridgehead atoms. The molecule has 2 aliphatic rings. The van der Waals surface area contributed by atoms with Crippen LogP contribution >= 0.6 is 0 Å². The van der Waals surface area contributed by atoms with Gasteiger partial charge >= 0.3 is 0 Å². The summed E-state index contributed by atoms with van der Waals surface area (Å²) in [5.74, 6) is -0.456. The van der Waals surface area contributed by atoms with Gasteiger partial charge in [0.25, 0.3) is 0 Å². The maximum atomic E-state index is 13.0. The molecular formula is C20H24FN5O2. The molecule has 2 saturated heterocycles. The Kier molecular flexibility index (Phi) is 5.13. The van der Waals surface area contributed by atoms with Crippen LogP contribution in [-0.2, 0) is 16.1 Å². The number of hydrogen-bond donors (Lipinski definition) is 1. The normalized spacial score (nSPS) is 18.8. The van der Waals surface area contributed by atoms with Gasteiger partial charge in [-0.25, -0.2) is 4.39 Å². The smallest absolute Gasteiger partial charge is 0.244 e. The molecule has 0 unspecified atom stereocenters. The maximum absolute atomic E-state index is 13.0. The van der Waals surface area contributed by atoms with Crippen molar-refractivity contribution in [3.8, 4) is 11.1 Å². The highest BCUT2D eigenvalue weighted by atomic mass is 19.1. The first kappa shape index (κ1) is 18.6. The second-order valence-corrected chi connectivity index (χ2v) is 7.60. The Morgan fingerprint density at radius 2 is 1.79 bits per heavy atom. The fraction of sp³-hybridized carbons (Fsp3) is 0.450. The third-order valence-electron chi connectivity index (χ3n) is 5.77. The van der Waals surface area contributed by atoms with Gasteiger partial charge in [-0.3, -0.25) is 19.2 Å². The molecule has 1 aromatic carbocycles. The molecule has 3 heterocycles. The minimum atomic E-state index is -0.280. The summed E-state index contributed by atoms with van der Waals surface area (Å²) in [7, 11) is 0. The molecule has 2 aromatic rings. The van der Waals surface area contributed by atoms with E-state index in [1.165, 1.54) is 12.1 Å². The van der Waals surface area contributed by atoms with Gasteiger partial charge in [-0.2, -0.15) is 5.10 Å². The van der Waals surface area contributed by atoms with E-state index in [0.717, 1.165) is 37.1 Å². The maximum Gasteiger partial charge on any atom is 0.244 e. The van der Waals surface area contributed by atoms with E-state index in [1.807, 2.05) is 4.90 Å². The molecule has 2 N–H and O–H groups in total. The lowest BCUT2D eigenvalue weighted by Crippen LogP contribution is -2.62. The van der Waals surface area contributed by atoms with Crippen molar-refractivity contribution < 1.29 is 14.0 Å². The number of likely N-dealkylation sites (tertiary alicyclic amines) is 2. The van der Waals surface area contributed by atoms with Gasteiger partial charge in [0, 0.05) is 36.8 Å². The predicted octanol–water partition coefficient (Wildman–Crippen LogP) is 1.10. The highest BCUT2D eigenvalue weighted by molar-refractivity contribution is 5.77. The van der Waals surface area contributed by atoms with Gasteiger partial charge in [0.05, 0.1) is 6.20 Å². The first-order valence-corrected chi connectivity index (χ1v) is 9.59. The summed E-state index contributed by atoms with van der Waals surface area (Å²) in [4.78, 5) is 27.9. The number of benzene rings is 1. The molecule has 7 nitrogen and oxygen atoms in total. The molecule has 0 spiro atoms. The van der Waals surface area contributed by atoms with Crippen molar-refractivity contribution in [3.05, 3.63) is 42.5 Å². The minimum absolute atomic E-state index is 0.0100. The Bertz CT molecular complexity index is 852. The topological polar surface area (TPSA) is 84.5 Å². The zero-order valence-corrected chi connectivity index (χ0v) is 15.6. The number of amides is 2. The molecule has 1 aromatic heterocycles. The first-order valence-electron chi connectivity index (χ1n) is 9.59. The third-order valence-corrected chi connectivity index (χ3v) is 5.77. The van der Waals surface area contributed by atoms with Crippen molar-refractivity contribution in [3.63, 3.8) is 0 Å². The molecular weight excluding hydrogens is 361 g/mol. The summed E-state index contributed by atoms with van der Waals surface area (Å²) in [6.45, 7) is 3.34. The van der Waals surface area contributed by atoms with Crippen LogP contribution in [0.3, 0.4) is 0 Å². The third kappa shape index (κ3) is 3.91. The summed E-state index contributed by atoms with van der Waals surface area (Å²) < 4.78 is 14.7. The Morgan fingerprint density at radius 1 is 1.11 bits per heavy atom. The number of hydrogen-bond acceptors (Lipinski definition) is 4. The number of nitrogens with zero attached hydrogens (tertiary/aromatic N) is 4. The van der Waals surface area contributed by atoms with E-state index < -0.39 is 0 Å². The SMILES string of the molecule is NC(=O)C1CCN(C2CN(C(=O)Cn3cc(-c4ccc(F)cc4)cn3)C2)CC1. The van der Waals surface area contributed by atoms with Gasteiger partial charge in [0.2, 0.25) is 11.8 Å². The number of carbonyl (C=O) groups is 2. The number of aromatic nitrogens is 2. The molecule has 0 radical (unpaired) electrons. The van der Waals surface area contributed by atoms with Crippen LogP contribution in [0.4, 0.5) is 4.39 Å². The van der Waals surface area contributed by atoms with Gasteiger partial charge in [-0.1, -0.05) is 12.1 Å². The summed E-state index contributed by atoms with van der Waals surface area (Å²) in [6, 6.07) is 6.57. The van der Waals surface area contributed by atoms with E-state index in [4.69, 9.17) is 5.73 Å². The fourth-order valence-electron chi connectivity index (χ4n) is 3.92. The van der Waals surface area contributed by atoms with Crippen molar-refractivity contribution >= 4 is 11.8 Å². The van der Waals surface area contributed by atoms with Crippen molar-refractivity contribution in [1.29, 1.82) is 0 Å². The average Bonchev–Trinajstić information content (AvgIpc) is 3.10. The lowest BCUT2D eigenvalue weighted by molar-refractivity contribution is -0.140. The number of halogens is 1. The number of rotatable bonds is 5. The molecule has 2 fully saturated rings. The molecule has 8 heteroatoms. The van der Waals surface area contributed by atoms with Crippen LogP contribution in [0.15, 0.2) is 36.7 Å². The van der Waals surface area contributed by atoms with Gasteiger partial charge < -0.3 is 10.6 Å². The van der Waals surface area contributed by atoms with Crippen molar-refractivity contribution in [1.82, 2.24) is 19.6 Å². The van der Waals surface area contributed by atoms with Crippen LogP contribution < -0.4 is 5.73 Å². The Morgan fingerprint density at radius 3 is 2.43 bits per heavy atom. The Labute approximate surface area is 162 Å². The standard InChI is InChI=1S/C20H24FN5O2/c21-17-3-1-14(2-4-17)16-9-23-26(10-16)13-19(27)25-11-18(12-25)24-7-5-15(6-8-24)20(22)28/h1-4,9-10,15,18H,5-8,11-13H2,(H2,22,28). The zero-order chi connectivity index (χ0) is 19.7. The summed E-state index contributed by atoms with van der Waals surface area (Å²) >= 11 is 0. The fourth-order valence-corrected chi connectivity index (χ4v) is 3.92. The summed E-state index contributed by atoms with van der Waals surface area (Å²) in [5, 5.41) is 4.25. The average molecular weight is 385 g/mol. The molecule has 4 rings (SSSR count). The van der Waals surface area contributed by atoms with Crippen LogP contribution in [0, 0.1) is 11.7 Å². The van der Waals surface area contributed by atoms with Gasteiger partial charge in [-0.05, 0) is 43.6 Å². The summed E-state index contributed by atoms with van der Waals surface area (Å²) in [6.07, 6.45) is 5.10. The minimum Gasteiger partial charge on any atom is -0.369 e. The monoisotopic (exact) mass is 385 g/mol. The van der Waals surface area contributed by atoms with Crippen LogP contribution in [0.1, 0.15) is 12.8 Å². The number of piperidine rings is 1. The van der Waals surface area contributed by atoms with Crippen molar-refractivity contribution in [2.45, 2.75) is 25.4 Å². The van der Waals surface area contributed by atoms with Crippen LogP contribution in [-0.4, -0.2) is 63.6 Å². The molecule has 0 aliphatic carbocycles. The van der Waals surface area contributed by atoms with Crippen molar-refractivity contribution in [2.75, 3.05) is 26.2 Å². The predicted molar refractivity (Wildman–Crippen MR) is 101 cm³/mol. The zero-order valence-electron chi connectivity index (χ0n) is 15.6. The molecule has 0 saturated carbocycles. The van der Waals surface area contributed by atoms with E-state index in [2.05, 4.69) is 10.00 Å². The van der Waals surface area contributed by atoms with Crippen LogP contribution in [0.25, 0.3) is 11.1 Å². The highest BCUT2D eigenvalue weighted by Crippen LogP contribution is 2.24. The second kappa shape index (κ2) is 7.71. The van der Waals surface area contributed by atoms with Gasteiger partial charge in [-0.15, -0.1) is 0 Å². The molecule has 2 aliphatic heterocycles. The molecule has 2 amide bonds. The van der Waals surface area contributed by atoms with Crippen LogP contribution in [0.2, 0.25) is 0 Å². The van der Waals surface area contributed by atoms with Gasteiger partial charge in [0.15, 0.2) is 0 Å². The Hall–Kier alpha value is -2.74. The lowest BCUT2D eigenvalue weighted by atomic mass is 9.94. The van der Waals surface area contributed by atoms with E-state index in [0.29, 0.717) is 19.1 Å². The molecule has 0 atom stereocenters. The van der Waals surface area contributed by atoms with E-state index in [1.54, 1.807) is 29.2 Å². The van der Waals surface area contributed by atoms with Crippen molar-refractivity contribution in [2.24, 2.45) is 11.7 Å². The Balaban J connectivity index is 1.26. The largest absolute Gasteiger partial charge is 0.369 e. The highest BCUT2D eigenvalue weighted by Gasteiger charge is 2.36. The van der Waals surface area contributed by atoms with Crippen LogP contribution in [0.5, 0.6) is 0 Å². The first-order chi connectivity index (χ1) is 13.5. The van der Waals surface area contributed by atoms with E-state index in [-0.39, 0.29) is 30.1 Å². The second-order valence-electron chi connectivity index (χ2n) is 7.60. The van der Waals surface area contributed by atoms with Gasteiger partial charge in [0.1, 0.15) is 12.4 Å². The quantitative estimate of drug-likeness (QED) is 0.835. The molecule has 28 heavy (non-hydrogen) atoms. The van der Waals surface area contributed by atoms with E-state index in [9.17, 15) is 14.0 Å². The number of carbonyl (C=O) groups excluding carboxylic acids is 2. The number of primary amides is 1. The lowest BCUT2D eigenvalue weighted by Gasteiger charge is -2.47. The van der Waals surface area contributed by atoms with E-state index >= 15 is 0 Å².